The number of aryl methyl sites for hydroxylation is 1. The molecule has 8 nitrogen and oxygen atoms in total. The van der Waals surface area contributed by atoms with Gasteiger partial charge in [-0.25, -0.2) is 25.1 Å². The van der Waals surface area contributed by atoms with E-state index in [1.807, 2.05) is 25.1 Å². The molecular formula is C36H11F3N8. The number of allylic oxidation sites excluding steroid dienone is 7. The minimum atomic E-state index is -4.69. The summed E-state index contributed by atoms with van der Waals surface area (Å²) in [7, 11) is 0. The van der Waals surface area contributed by atoms with Crippen molar-refractivity contribution in [3.8, 4) is 30.3 Å². The average molecular weight is 613 g/mol. The summed E-state index contributed by atoms with van der Waals surface area (Å²) >= 11 is 0. The van der Waals surface area contributed by atoms with Crippen molar-refractivity contribution in [2.45, 2.75) is 13.1 Å². The zero-order valence-corrected chi connectivity index (χ0v) is 23.8. The molecule has 47 heavy (non-hydrogen) atoms. The lowest BCUT2D eigenvalue weighted by atomic mass is 9.83. The van der Waals surface area contributed by atoms with Gasteiger partial charge in [-0.05, 0) is 52.5 Å². The van der Waals surface area contributed by atoms with Crippen molar-refractivity contribution in [2.24, 2.45) is 0 Å². The highest BCUT2D eigenvalue weighted by Gasteiger charge is 2.43. The van der Waals surface area contributed by atoms with E-state index < -0.39 is 23.1 Å². The van der Waals surface area contributed by atoms with E-state index >= 15 is 0 Å². The second-order valence-corrected chi connectivity index (χ2v) is 10.0. The summed E-state index contributed by atoms with van der Waals surface area (Å²) in [5, 5.41) is 51.8. The van der Waals surface area contributed by atoms with Gasteiger partial charge in [-0.1, -0.05) is 42.0 Å². The van der Waals surface area contributed by atoms with Crippen LogP contribution < -0.4 is 0 Å². The first-order chi connectivity index (χ1) is 22.6. The van der Waals surface area contributed by atoms with E-state index in [4.69, 9.17) is 19.7 Å². The lowest BCUT2D eigenvalue weighted by Crippen LogP contribution is -2.05. The van der Waals surface area contributed by atoms with E-state index in [0.29, 0.717) is 5.56 Å². The van der Waals surface area contributed by atoms with Gasteiger partial charge in [0.15, 0.2) is 0 Å². The normalized spacial score (nSPS) is 15.0. The maximum atomic E-state index is 13.4. The van der Waals surface area contributed by atoms with Gasteiger partial charge in [-0.15, -0.1) is 0 Å². The molecule has 3 aromatic rings. The van der Waals surface area contributed by atoms with Gasteiger partial charge in [0.25, 0.3) is 11.4 Å². The molecule has 0 aromatic heterocycles. The standard InChI is InChI=1S/C36H11F3N8/c1-18-5-7-20(8-6-18)28-34(26(17-44)46-3)31-24(15-42)30-29(23(14-41)32(31)35(28)47-4)22(13-40)27(33(30)25(16-43)45-2)19-9-11-21(12-10-19)36(37,38)39/h5-12H,1H3/b33-25-,34-26+. The van der Waals surface area contributed by atoms with Crippen LogP contribution in [0, 0.1) is 83.3 Å². The topological polar surface area (TPSA) is 132 Å². The highest BCUT2D eigenvalue weighted by molar-refractivity contribution is 6.31. The van der Waals surface area contributed by atoms with E-state index in [-0.39, 0.29) is 72.5 Å². The Kier molecular flexibility index (Phi) is 7.49. The third-order valence-electron chi connectivity index (χ3n) is 7.67. The number of hydrogen-bond acceptors (Lipinski definition) is 5. The van der Waals surface area contributed by atoms with Crippen LogP contribution in [0.25, 0.3) is 48.1 Å². The van der Waals surface area contributed by atoms with Crippen molar-refractivity contribution in [3.63, 3.8) is 0 Å². The molecule has 0 aliphatic heterocycles. The number of benzene rings is 3. The molecule has 0 saturated carbocycles. The number of nitriles is 5. The lowest BCUT2D eigenvalue weighted by Gasteiger charge is -2.17. The molecule has 0 bridgehead atoms. The first kappa shape index (κ1) is 30.8. The van der Waals surface area contributed by atoms with Gasteiger partial charge in [-0.2, -0.15) is 29.0 Å². The molecule has 3 aromatic carbocycles. The predicted octanol–water partition coefficient (Wildman–Crippen LogP) is 8.31. The predicted molar refractivity (Wildman–Crippen MR) is 163 cm³/mol. The van der Waals surface area contributed by atoms with Gasteiger partial charge in [0.05, 0.1) is 60.2 Å². The largest absolute Gasteiger partial charge is 0.416 e. The molecule has 0 heterocycles. The molecule has 2 aliphatic rings. The molecule has 2 aliphatic carbocycles. The van der Waals surface area contributed by atoms with E-state index in [1.165, 1.54) is 0 Å². The van der Waals surface area contributed by atoms with E-state index in [0.717, 1.165) is 29.8 Å². The number of nitrogens with zero attached hydrogens (tertiary/aromatic N) is 8. The molecule has 11 heteroatoms. The quantitative estimate of drug-likeness (QED) is 0.212. The van der Waals surface area contributed by atoms with Gasteiger partial charge in [-0.3, -0.25) is 0 Å². The summed E-state index contributed by atoms with van der Waals surface area (Å²) < 4.78 is 40.2. The first-order valence-electron chi connectivity index (χ1n) is 13.2. The first-order valence-corrected chi connectivity index (χ1v) is 13.2. The summed E-state index contributed by atoms with van der Waals surface area (Å²) in [4.78, 5) is 10.3. The molecule has 0 fully saturated rings. The second kappa shape index (κ2) is 11.4. The highest BCUT2D eigenvalue weighted by atomic mass is 19.4. The Morgan fingerprint density at radius 2 is 1.11 bits per heavy atom. The van der Waals surface area contributed by atoms with Gasteiger partial charge in [0.1, 0.15) is 12.1 Å². The Morgan fingerprint density at radius 1 is 0.638 bits per heavy atom. The third kappa shape index (κ3) is 4.47. The molecular weight excluding hydrogens is 601 g/mol. The van der Waals surface area contributed by atoms with Crippen LogP contribution in [0.1, 0.15) is 55.6 Å². The SMILES string of the molecule is [C-]#[N+]C1=C(c2ccc(C)cc2)/C(=C(/C#N)[N+]#[C-])c2c(C#N)c3c(c(C#N)c21)C(C#N)=C(c1ccc(C(F)(F)F)cc1)/C3=C(\C#N)[N+]#[C-]. The van der Waals surface area contributed by atoms with E-state index in [9.17, 15) is 39.5 Å². The maximum Gasteiger partial charge on any atom is 0.416 e. The molecule has 0 atom stereocenters. The zero-order chi connectivity index (χ0) is 34.2. The minimum Gasteiger partial charge on any atom is -0.237 e. The van der Waals surface area contributed by atoms with Crippen molar-refractivity contribution >= 4 is 33.6 Å². The van der Waals surface area contributed by atoms with Crippen LogP contribution in [0.3, 0.4) is 0 Å². The van der Waals surface area contributed by atoms with Crippen LogP contribution in [0.5, 0.6) is 0 Å². The molecule has 0 N–H and O–H groups in total. The average Bonchev–Trinajstić information content (AvgIpc) is 3.58. The van der Waals surface area contributed by atoms with Crippen molar-refractivity contribution in [1.82, 2.24) is 0 Å². The van der Waals surface area contributed by atoms with Gasteiger partial charge >= 0.3 is 6.18 Å². The van der Waals surface area contributed by atoms with Crippen molar-refractivity contribution in [2.75, 3.05) is 0 Å². The molecule has 0 saturated heterocycles. The molecule has 216 valence electrons. The number of hydrogen-bond donors (Lipinski definition) is 0. The van der Waals surface area contributed by atoms with Crippen LogP contribution in [0.4, 0.5) is 13.2 Å². The Balaban J connectivity index is 2.06. The number of fused-ring (bicyclic) bond motifs is 2. The molecule has 5 rings (SSSR count). The second-order valence-electron chi connectivity index (χ2n) is 10.0. The Morgan fingerprint density at radius 3 is 1.55 bits per heavy atom. The van der Waals surface area contributed by atoms with Crippen LogP contribution in [-0.2, 0) is 6.18 Å². The summed E-state index contributed by atoms with van der Waals surface area (Å²) in [6.45, 7) is 25.4. The summed E-state index contributed by atoms with van der Waals surface area (Å²) in [5.74, 6) is 0. The van der Waals surface area contributed by atoms with E-state index in [1.54, 1.807) is 36.4 Å². The fraction of sp³-hybridized carbons (Fsp3) is 0.0556. The fourth-order valence-corrected chi connectivity index (χ4v) is 5.79. The molecule has 0 spiro atoms. The Hall–Kier alpha value is -7.67. The van der Waals surface area contributed by atoms with Gasteiger partial charge < -0.3 is 0 Å². The van der Waals surface area contributed by atoms with Crippen LogP contribution in [0.15, 0.2) is 59.9 Å². The third-order valence-corrected chi connectivity index (χ3v) is 7.67. The van der Waals surface area contributed by atoms with Crippen molar-refractivity contribution in [3.05, 3.63) is 150 Å². The molecule has 0 radical (unpaired) electrons. The maximum absolute atomic E-state index is 13.4. The van der Waals surface area contributed by atoms with E-state index in [2.05, 4.69) is 14.5 Å². The summed E-state index contributed by atoms with van der Waals surface area (Å²) in [6, 6.07) is 19.8. The minimum absolute atomic E-state index is 0.0129. The molecule has 0 amide bonds. The number of halogens is 3. The summed E-state index contributed by atoms with van der Waals surface area (Å²) in [6.07, 6.45) is -4.69. The highest BCUT2D eigenvalue weighted by Crippen LogP contribution is 2.58. The molecule has 0 unspecified atom stereocenters. The summed E-state index contributed by atoms with van der Waals surface area (Å²) in [5.41, 5.74) is -3.16. The Labute approximate surface area is 266 Å². The van der Waals surface area contributed by atoms with Crippen molar-refractivity contribution in [1.29, 1.82) is 26.3 Å². The van der Waals surface area contributed by atoms with Crippen LogP contribution in [-0.4, -0.2) is 0 Å². The zero-order valence-electron chi connectivity index (χ0n) is 23.8. The van der Waals surface area contributed by atoms with Crippen LogP contribution >= 0.6 is 0 Å². The van der Waals surface area contributed by atoms with Crippen LogP contribution in [0.2, 0.25) is 0 Å². The number of rotatable bonds is 2. The number of alkyl halides is 3. The van der Waals surface area contributed by atoms with Gasteiger partial charge in [0, 0.05) is 22.3 Å². The Bertz CT molecular complexity index is 2420. The smallest absolute Gasteiger partial charge is 0.237 e. The van der Waals surface area contributed by atoms with Gasteiger partial charge in [0.2, 0.25) is 5.70 Å². The monoisotopic (exact) mass is 612 g/mol. The fourth-order valence-electron chi connectivity index (χ4n) is 5.79. The lowest BCUT2D eigenvalue weighted by molar-refractivity contribution is -0.137. The van der Waals surface area contributed by atoms with Crippen molar-refractivity contribution < 1.29 is 13.2 Å².